The average Bonchev–Trinajstić information content (AvgIpc) is 2.40. The van der Waals surface area contributed by atoms with Gasteiger partial charge >= 0.3 is 0 Å². The van der Waals surface area contributed by atoms with Crippen molar-refractivity contribution in [2.24, 2.45) is 0 Å². The van der Waals surface area contributed by atoms with Gasteiger partial charge in [-0.15, -0.1) is 0 Å². The van der Waals surface area contributed by atoms with E-state index in [1.807, 2.05) is 13.8 Å². The van der Waals surface area contributed by atoms with Crippen LogP contribution in [0.4, 0.5) is 5.69 Å². The third kappa shape index (κ3) is 6.59. The van der Waals surface area contributed by atoms with E-state index >= 15 is 0 Å². The first-order chi connectivity index (χ1) is 8.59. The van der Waals surface area contributed by atoms with Crippen LogP contribution in [-0.2, 0) is 0 Å². The topological polar surface area (TPSA) is 46.2 Å². The number of rotatable bonds is 0. The van der Waals surface area contributed by atoms with Gasteiger partial charge in [-0.05, 0) is 26.0 Å². The Kier molecular flexibility index (Phi) is 8.12. The van der Waals surface area contributed by atoms with Crippen molar-refractivity contribution in [2.45, 2.75) is 27.7 Å². The minimum absolute atomic E-state index is 0.146. The molecule has 0 aliphatic heterocycles. The zero-order chi connectivity index (χ0) is 14.0. The summed E-state index contributed by atoms with van der Waals surface area (Å²) in [7, 11) is 0. The number of aromatic hydroxyl groups is 1. The van der Waals surface area contributed by atoms with Crippen LogP contribution in [-0.4, -0.2) is 5.11 Å². The van der Waals surface area contributed by atoms with Gasteiger partial charge < -0.3 is 10.8 Å². The highest BCUT2D eigenvalue weighted by Crippen LogP contribution is 2.16. The Hall–Kier alpha value is -1.96. The first-order valence-corrected chi connectivity index (χ1v) is 6.16. The second-order valence-electron chi connectivity index (χ2n) is 3.71. The van der Waals surface area contributed by atoms with Gasteiger partial charge in [-0.3, -0.25) is 0 Å². The summed E-state index contributed by atoms with van der Waals surface area (Å²) in [6.45, 7) is 8.19. The summed E-state index contributed by atoms with van der Waals surface area (Å²) in [6, 6.07) is 15.2. The third-order valence-electron chi connectivity index (χ3n) is 2.15. The number of nitrogen functional groups attached to an aromatic ring is 1. The van der Waals surface area contributed by atoms with E-state index in [-0.39, 0.29) is 5.75 Å². The molecule has 0 unspecified atom stereocenters. The van der Waals surface area contributed by atoms with Crippen LogP contribution in [0.1, 0.15) is 25.0 Å². The summed E-state index contributed by atoms with van der Waals surface area (Å²) in [6.07, 6.45) is 0. The molecule has 0 saturated carbocycles. The summed E-state index contributed by atoms with van der Waals surface area (Å²) < 4.78 is 0. The zero-order valence-electron chi connectivity index (χ0n) is 11.6. The molecule has 0 aliphatic rings. The van der Waals surface area contributed by atoms with Gasteiger partial charge in [-0.1, -0.05) is 61.4 Å². The first kappa shape index (κ1) is 16.0. The highest BCUT2D eigenvalue weighted by molar-refractivity contribution is 5.50. The molecule has 98 valence electrons. The predicted molar refractivity (Wildman–Crippen MR) is 79.8 cm³/mol. The van der Waals surface area contributed by atoms with Gasteiger partial charge in [0.05, 0.1) is 5.69 Å². The fourth-order valence-corrected chi connectivity index (χ4v) is 1.12. The van der Waals surface area contributed by atoms with Crippen molar-refractivity contribution >= 4 is 5.69 Å². The van der Waals surface area contributed by atoms with E-state index in [1.165, 1.54) is 11.1 Å². The van der Waals surface area contributed by atoms with Gasteiger partial charge in [-0.2, -0.15) is 0 Å². The van der Waals surface area contributed by atoms with Gasteiger partial charge in [0, 0.05) is 0 Å². The lowest BCUT2D eigenvalue weighted by molar-refractivity contribution is 0.478. The molecule has 2 aromatic carbocycles. The number of para-hydroxylation sites is 2. The van der Waals surface area contributed by atoms with Crippen LogP contribution in [0.25, 0.3) is 0 Å². The van der Waals surface area contributed by atoms with Crippen LogP contribution in [0.15, 0.2) is 48.5 Å². The quantitative estimate of drug-likeness (QED) is 0.537. The molecule has 2 aromatic rings. The summed E-state index contributed by atoms with van der Waals surface area (Å²) in [4.78, 5) is 0. The third-order valence-corrected chi connectivity index (χ3v) is 2.15. The van der Waals surface area contributed by atoms with Crippen molar-refractivity contribution in [3.8, 4) is 5.75 Å². The molecule has 3 N–H and O–H groups in total. The number of hydrogen-bond donors (Lipinski definition) is 2. The lowest BCUT2D eigenvalue weighted by atomic mass is 10.2. The monoisotopic (exact) mass is 245 g/mol. The molecule has 0 aliphatic carbocycles. The second kappa shape index (κ2) is 9.11. The van der Waals surface area contributed by atoms with E-state index in [2.05, 4.69) is 38.1 Å². The van der Waals surface area contributed by atoms with Gasteiger partial charge in [0.1, 0.15) is 5.75 Å². The lowest BCUT2D eigenvalue weighted by Crippen LogP contribution is -1.82. The summed E-state index contributed by atoms with van der Waals surface area (Å²) >= 11 is 0. The Morgan fingerprint density at radius 3 is 1.44 bits per heavy atom. The number of nitrogens with two attached hydrogens (primary N) is 1. The molecule has 0 radical (unpaired) electrons. The Morgan fingerprint density at radius 2 is 1.17 bits per heavy atom. The summed E-state index contributed by atoms with van der Waals surface area (Å²) in [5.41, 5.74) is 8.35. The fraction of sp³-hybridized carbons (Fsp3) is 0.250. The number of phenols is 1. The van der Waals surface area contributed by atoms with Crippen molar-refractivity contribution < 1.29 is 5.11 Å². The fourth-order valence-electron chi connectivity index (χ4n) is 1.12. The van der Waals surface area contributed by atoms with Crippen LogP contribution < -0.4 is 5.73 Å². The molecule has 0 spiro atoms. The zero-order valence-corrected chi connectivity index (χ0v) is 11.6. The number of anilines is 1. The molecule has 2 nitrogen and oxygen atoms in total. The maximum absolute atomic E-state index is 8.79. The highest BCUT2D eigenvalue weighted by Gasteiger charge is 1.87. The Balaban J connectivity index is 0.000000283. The van der Waals surface area contributed by atoms with Crippen LogP contribution in [0.2, 0.25) is 0 Å². The molecule has 0 bridgehead atoms. The second-order valence-corrected chi connectivity index (χ2v) is 3.71. The lowest BCUT2D eigenvalue weighted by Gasteiger charge is -1.92. The smallest absolute Gasteiger partial charge is 0.138 e. The molecule has 18 heavy (non-hydrogen) atoms. The molecule has 0 fully saturated rings. The van der Waals surface area contributed by atoms with Crippen molar-refractivity contribution in [3.05, 3.63) is 59.7 Å². The van der Waals surface area contributed by atoms with Gasteiger partial charge in [-0.25, -0.2) is 0 Å². The van der Waals surface area contributed by atoms with E-state index in [1.54, 1.807) is 24.3 Å². The largest absolute Gasteiger partial charge is 0.506 e. The molecule has 0 saturated heterocycles. The number of phenolic OH excluding ortho intramolecular Hbond substituents is 1. The normalized spacial score (nSPS) is 8.44. The Labute approximate surface area is 110 Å². The summed E-state index contributed by atoms with van der Waals surface area (Å²) in [5.74, 6) is 0.146. The number of aryl methyl sites for hydroxylation is 2. The van der Waals surface area contributed by atoms with Crippen LogP contribution in [0.3, 0.4) is 0 Å². The molecule has 2 heteroatoms. The Bertz CT molecular complexity index is 393. The molecular weight excluding hydrogens is 222 g/mol. The van der Waals surface area contributed by atoms with E-state index in [4.69, 9.17) is 10.8 Å². The van der Waals surface area contributed by atoms with E-state index < -0.39 is 0 Å². The molecule has 0 aromatic heterocycles. The van der Waals surface area contributed by atoms with E-state index in [9.17, 15) is 0 Å². The van der Waals surface area contributed by atoms with Gasteiger partial charge in [0.25, 0.3) is 0 Å². The van der Waals surface area contributed by atoms with Crippen LogP contribution >= 0.6 is 0 Å². The molecule has 0 atom stereocenters. The number of benzene rings is 2. The van der Waals surface area contributed by atoms with Crippen molar-refractivity contribution in [1.29, 1.82) is 0 Å². The van der Waals surface area contributed by atoms with Crippen molar-refractivity contribution in [2.75, 3.05) is 5.73 Å². The molecule has 0 heterocycles. The standard InChI is InChI=1S/C8H10.C6H7NO.C2H6/c1-7-3-5-8(2)6-4-7;7-5-3-1-2-4-6(5)8;1-2/h3-6H,1-2H3;1-4,8H,7H2;1-2H3. The van der Waals surface area contributed by atoms with E-state index in [0.29, 0.717) is 5.69 Å². The Morgan fingerprint density at radius 1 is 0.778 bits per heavy atom. The maximum atomic E-state index is 8.79. The van der Waals surface area contributed by atoms with Gasteiger partial charge in [0.15, 0.2) is 0 Å². The minimum Gasteiger partial charge on any atom is -0.506 e. The molecular formula is C16H23NO. The van der Waals surface area contributed by atoms with E-state index in [0.717, 1.165) is 0 Å². The number of hydrogen-bond acceptors (Lipinski definition) is 2. The molecule has 0 amide bonds. The highest BCUT2D eigenvalue weighted by atomic mass is 16.3. The van der Waals surface area contributed by atoms with Crippen molar-refractivity contribution in [1.82, 2.24) is 0 Å². The predicted octanol–water partition coefficient (Wildman–Crippen LogP) is 4.30. The van der Waals surface area contributed by atoms with Crippen molar-refractivity contribution in [3.63, 3.8) is 0 Å². The first-order valence-electron chi connectivity index (χ1n) is 6.16. The maximum Gasteiger partial charge on any atom is 0.138 e. The van der Waals surface area contributed by atoms with Crippen LogP contribution in [0, 0.1) is 13.8 Å². The minimum atomic E-state index is 0.146. The average molecular weight is 245 g/mol. The van der Waals surface area contributed by atoms with Gasteiger partial charge in [0.2, 0.25) is 0 Å². The summed E-state index contributed by atoms with van der Waals surface area (Å²) in [5, 5.41) is 8.79. The van der Waals surface area contributed by atoms with Crippen LogP contribution in [0.5, 0.6) is 5.75 Å². The molecule has 2 rings (SSSR count). The SMILES string of the molecule is CC.Cc1ccc(C)cc1.Nc1ccccc1O.